The van der Waals surface area contributed by atoms with Gasteiger partial charge in [-0.1, -0.05) is 18.1 Å². The molecule has 0 unspecified atom stereocenters. The largest absolute Gasteiger partial charge is 0.493 e. The van der Waals surface area contributed by atoms with Crippen molar-refractivity contribution in [2.45, 2.75) is 33.4 Å². The molecule has 1 aromatic heterocycles. The summed E-state index contributed by atoms with van der Waals surface area (Å²) in [5, 5.41) is 7.09. The molecule has 2 rings (SSSR count). The topological polar surface area (TPSA) is 69.4 Å². The Morgan fingerprint density at radius 2 is 2.14 bits per heavy atom. The van der Waals surface area contributed by atoms with E-state index in [-0.39, 0.29) is 6.61 Å². The van der Waals surface area contributed by atoms with Crippen LogP contribution in [-0.4, -0.2) is 23.8 Å². The third-order valence-electron chi connectivity index (χ3n) is 2.90. The van der Waals surface area contributed by atoms with Crippen molar-refractivity contribution in [2.24, 2.45) is 0 Å². The van der Waals surface area contributed by atoms with E-state index in [0.717, 1.165) is 25.1 Å². The van der Waals surface area contributed by atoms with E-state index in [1.807, 2.05) is 18.2 Å². The summed E-state index contributed by atoms with van der Waals surface area (Å²) < 4.78 is 16.1. The number of hydrogen-bond donors (Lipinski definition) is 1. The van der Waals surface area contributed by atoms with Crippen molar-refractivity contribution in [2.75, 3.05) is 13.7 Å². The van der Waals surface area contributed by atoms with Gasteiger partial charge < -0.3 is 19.3 Å². The SMILES string of the molecule is CCCNCc1ccc(OC)c(OCc2nc(C)no2)c1. The van der Waals surface area contributed by atoms with E-state index in [0.29, 0.717) is 23.2 Å². The van der Waals surface area contributed by atoms with Gasteiger partial charge in [0.25, 0.3) is 5.89 Å². The van der Waals surface area contributed by atoms with Crippen LogP contribution in [0.15, 0.2) is 22.7 Å². The molecule has 1 aromatic carbocycles. The number of aromatic nitrogens is 2. The minimum atomic E-state index is 0.225. The van der Waals surface area contributed by atoms with Crippen LogP contribution in [0.5, 0.6) is 11.5 Å². The monoisotopic (exact) mass is 291 g/mol. The van der Waals surface area contributed by atoms with Gasteiger partial charge in [-0.05, 0) is 37.6 Å². The van der Waals surface area contributed by atoms with E-state index in [1.165, 1.54) is 0 Å². The smallest absolute Gasteiger partial charge is 0.264 e. The highest BCUT2D eigenvalue weighted by Crippen LogP contribution is 2.28. The average Bonchev–Trinajstić information content (AvgIpc) is 2.91. The number of nitrogens with one attached hydrogen (secondary N) is 1. The zero-order valence-corrected chi connectivity index (χ0v) is 12.7. The third-order valence-corrected chi connectivity index (χ3v) is 2.90. The van der Waals surface area contributed by atoms with Gasteiger partial charge in [0.05, 0.1) is 7.11 Å². The van der Waals surface area contributed by atoms with Crippen molar-refractivity contribution in [1.82, 2.24) is 15.5 Å². The molecule has 0 radical (unpaired) electrons. The van der Waals surface area contributed by atoms with Gasteiger partial charge in [0.1, 0.15) is 0 Å². The number of ether oxygens (including phenoxy) is 2. The Labute approximate surface area is 124 Å². The van der Waals surface area contributed by atoms with Crippen LogP contribution in [-0.2, 0) is 13.2 Å². The Hall–Kier alpha value is -2.08. The predicted molar refractivity (Wildman–Crippen MR) is 78.4 cm³/mol. The van der Waals surface area contributed by atoms with E-state index in [9.17, 15) is 0 Å². The predicted octanol–water partition coefficient (Wildman–Crippen LogP) is 2.47. The quantitative estimate of drug-likeness (QED) is 0.753. The molecule has 0 bridgehead atoms. The molecule has 0 saturated heterocycles. The van der Waals surface area contributed by atoms with Crippen LogP contribution in [0, 0.1) is 6.92 Å². The van der Waals surface area contributed by atoms with Crippen LogP contribution >= 0.6 is 0 Å². The van der Waals surface area contributed by atoms with Gasteiger partial charge >= 0.3 is 0 Å². The van der Waals surface area contributed by atoms with Gasteiger partial charge in [0, 0.05) is 6.54 Å². The minimum Gasteiger partial charge on any atom is -0.493 e. The number of rotatable bonds is 8. The van der Waals surface area contributed by atoms with Crippen LogP contribution in [0.25, 0.3) is 0 Å². The first-order valence-corrected chi connectivity index (χ1v) is 7.02. The number of nitrogens with zero attached hydrogens (tertiary/aromatic N) is 2. The Morgan fingerprint density at radius 3 is 2.81 bits per heavy atom. The van der Waals surface area contributed by atoms with Gasteiger partial charge in [0.15, 0.2) is 23.9 Å². The second-order valence-electron chi connectivity index (χ2n) is 4.69. The maximum atomic E-state index is 5.73. The van der Waals surface area contributed by atoms with Crippen LogP contribution in [0.4, 0.5) is 0 Å². The second-order valence-corrected chi connectivity index (χ2v) is 4.69. The standard InChI is InChI=1S/C15H21N3O3/c1-4-7-16-9-12-5-6-13(19-3)14(8-12)20-10-15-17-11(2)18-21-15/h5-6,8,16H,4,7,9-10H2,1-3H3. The van der Waals surface area contributed by atoms with Crippen molar-refractivity contribution >= 4 is 0 Å². The van der Waals surface area contributed by atoms with Crippen molar-refractivity contribution < 1.29 is 14.0 Å². The Bertz CT molecular complexity index is 569. The van der Waals surface area contributed by atoms with Crippen molar-refractivity contribution in [3.8, 4) is 11.5 Å². The summed E-state index contributed by atoms with van der Waals surface area (Å²) in [6.07, 6.45) is 1.11. The molecule has 21 heavy (non-hydrogen) atoms. The molecule has 6 nitrogen and oxygen atoms in total. The molecule has 0 fully saturated rings. The first-order valence-electron chi connectivity index (χ1n) is 7.02. The molecule has 0 amide bonds. The average molecular weight is 291 g/mol. The molecule has 114 valence electrons. The maximum Gasteiger partial charge on any atom is 0.264 e. The molecule has 0 aliphatic rings. The van der Waals surface area contributed by atoms with E-state index in [4.69, 9.17) is 14.0 Å². The fourth-order valence-corrected chi connectivity index (χ4v) is 1.89. The normalized spacial score (nSPS) is 10.6. The minimum absolute atomic E-state index is 0.225. The molecular formula is C15H21N3O3. The molecule has 0 saturated carbocycles. The molecule has 2 aromatic rings. The van der Waals surface area contributed by atoms with Gasteiger partial charge in [0.2, 0.25) is 0 Å². The zero-order chi connectivity index (χ0) is 15.1. The van der Waals surface area contributed by atoms with E-state index >= 15 is 0 Å². The molecule has 1 heterocycles. The second kappa shape index (κ2) is 7.64. The van der Waals surface area contributed by atoms with Crippen molar-refractivity contribution in [3.05, 3.63) is 35.5 Å². The highest BCUT2D eigenvalue weighted by atomic mass is 16.5. The summed E-state index contributed by atoms with van der Waals surface area (Å²) in [7, 11) is 1.62. The molecule has 1 N–H and O–H groups in total. The lowest BCUT2D eigenvalue weighted by Crippen LogP contribution is -2.13. The Balaban J connectivity index is 2.02. The lowest BCUT2D eigenvalue weighted by Gasteiger charge is -2.11. The van der Waals surface area contributed by atoms with Crippen LogP contribution in [0.3, 0.4) is 0 Å². The van der Waals surface area contributed by atoms with E-state index < -0.39 is 0 Å². The Kier molecular flexibility index (Phi) is 5.57. The summed E-state index contributed by atoms with van der Waals surface area (Å²) in [6.45, 7) is 5.93. The highest BCUT2D eigenvalue weighted by molar-refractivity contribution is 5.42. The number of aryl methyl sites for hydroxylation is 1. The van der Waals surface area contributed by atoms with Crippen molar-refractivity contribution in [3.63, 3.8) is 0 Å². The Morgan fingerprint density at radius 1 is 1.29 bits per heavy atom. The highest BCUT2D eigenvalue weighted by Gasteiger charge is 2.09. The summed E-state index contributed by atoms with van der Waals surface area (Å²) in [5.41, 5.74) is 1.14. The summed E-state index contributed by atoms with van der Waals surface area (Å²) in [6, 6.07) is 5.88. The number of hydrogen-bond acceptors (Lipinski definition) is 6. The van der Waals surface area contributed by atoms with Gasteiger partial charge in [-0.25, -0.2) is 0 Å². The molecule has 6 heteroatoms. The van der Waals surface area contributed by atoms with Crippen LogP contribution in [0.1, 0.15) is 30.6 Å². The molecule has 0 aliphatic carbocycles. The summed E-state index contributed by atoms with van der Waals surface area (Å²) in [5.74, 6) is 2.40. The molecule has 0 atom stereocenters. The first kappa shape index (κ1) is 15.3. The lowest BCUT2D eigenvalue weighted by atomic mass is 10.2. The first-order chi connectivity index (χ1) is 10.2. The maximum absolute atomic E-state index is 5.73. The van der Waals surface area contributed by atoms with E-state index in [1.54, 1.807) is 14.0 Å². The zero-order valence-electron chi connectivity index (χ0n) is 12.7. The molecule has 0 aliphatic heterocycles. The molecule has 0 spiro atoms. The third kappa shape index (κ3) is 4.46. The van der Waals surface area contributed by atoms with Gasteiger partial charge in [-0.3, -0.25) is 0 Å². The van der Waals surface area contributed by atoms with Crippen LogP contribution < -0.4 is 14.8 Å². The van der Waals surface area contributed by atoms with Crippen LogP contribution in [0.2, 0.25) is 0 Å². The fourth-order valence-electron chi connectivity index (χ4n) is 1.89. The van der Waals surface area contributed by atoms with Gasteiger partial charge in [-0.15, -0.1) is 0 Å². The van der Waals surface area contributed by atoms with Gasteiger partial charge in [-0.2, -0.15) is 4.98 Å². The lowest BCUT2D eigenvalue weighted by molar-refractivity contribution is 0.233. The summed E-state index contributed by atoms with van der Waals surface area (Å²) in [4.78, 5) is 4.11. The van der Waals surface area contributed by atoms with Crippen molar-refractivity contribution in [1.29, 1.82) is 0 Å². The van der Waals surface area contributed by atoms with E-state index in [2.05, 4.69) is 22.4 Å². The fraction of sp³-hybridized carbons (Fsp3) is 0.467. The number of benzene rings is 1. The summed E-state index contributed by atoms with van der Waals surface area (Å²) >= 11 is 0. The number of methoxy groups -OCH3 is 1. The molecular weight excluding hydrogens is 270 g/mol.